The van der Waals surface area contributed by atoms with Crippen LogP contribution in [0.1, 0.15) is 33.6 Å². The highest BCUT2D eigenvalue weighted by atomic mass is 16.6. The van der Waals surface area contributed by atoms with E-state index in [0.717, 1.165) is 12.8 Å². The summed E-state index contributed by atoms with van der Waals surface area (Å²) in [5.74, 6) is 0.502. The van der Waals surface area contributed by atoms with Crippen LogP contribution >= 0.6 is 0 Å². The zero-order valence-electron chi connectivity index (χ0n) is 10.5. The smallest absolute Gasteiger partial charge is 0.326 e. The van der Waals surface area contributed by atoms with Crippen molar-refractivity contribution in [2.45, 2.75) is 39.2 Å². The Morgan fingerprint density at radius 2 is 2.06 bits per heavy atom. The van der Waals surface area contributed by atoms with Crippen LogP contribution < -0.4 is 5.73 Å². The van der Waals surface area contributed by atoms with E-state index in [4.69, 9.17) is 15.2 Å². The fourth-order valence-electron chi connectivity index (χ4n) is 1.52. The van der Waals surface area contributed by atoms with Crippen LogP contribution in [-0.2, 0) is 14.3 Å². The number of esters is 1. The van der Waals surface area contributed by atoms with E-state index in [0.29, 0.717) is 31.7 Å². The summed E-state index contributed by atoms with van der Waals surface area (Å²) in [5, 5.41) is 0. The van der Waals surface area contributed by atoms with Crippen LogP contribution in [0.5, 0.6) is 0 Å². The first kappa shape index (κ1) is 13.5. The molecule has 1 rings (SSSR count). The van der Waals surface area contributed by atoms with Crippen molar-refractivity contribution in [2.75, 3.05) is 19.8 Å². The van der Waals surface area contributed by atoms with Crippen molar-refractivity contribution < 1.29 is 14.3 Å². The molecule has 16 heavy (non-hydrogen) atoms. The number of nitrogens with two attached hydrogens (primary N) is 1. The summed E-state index contributed by atoms with van der Waals surface area (Å²) in [5.41, 5.74) is 5.11. The third kappa shape index (κ3) is 4.10. The van der Waals surface area contributed by atoms with Crippen LogP contribution in [0.3, 0.4) is 0 Å². The van der Waals surface area contributed by atoms with E-state index >= 15 is 0 Å². The van der Waals surface area contributed by atoms with Gasteiger partial charge in [0.1, 0.15) is 12.1 Å². The standard InChI is InChI=1S/C12H23NO3/c1-9(2)8-15-6-7-16-11(14)12(3,13)10-4-5-10/h9-10H,4-8,13H2,1-3H3. The molecule has 0 aromatic rings. The summed E-state index contributed by atoms with van der Waals surface area (Å²) >= 11 is 0. The molecular weight excluding hydrogens is 206 g/mol. The Kier molecular flexibility index (Phi) is 4.74. The molecule has 0 bridgehead atoms. The molecule has 1 unspecified atom stereocenters. The van der Waals surface area contributed by atoms with Gasteiger partial charge in [-0.2, -0.15) is 0 Å². The van der Waals surface area contributed by atoms with Crippen LogP contribution in [0.2, 0.25) is 0 Å². The minimum Gasteiger partial charge on any atom is -0.462 e. The summed E-state index contributed by atoms with van der Waals surface area (Å²) in [6.07, 6.45) is 2.07. The number of rotatable bonds is 7. The van der Waals surface area contributed by atoms with Crippen molar-refractivity contribution in [3.8, 4) is 0 Å². The maximum Gasteiger partial charge on any atom is 0.326 e. The third-order valence-corrected chi connectivity index (χ3v) is 2.78. The van der Waals surface area contributed by atoms with E-state index in [9.17, 15) is 4.79 Å². The van der Waals surface area contributed by atoms with Gasteiger partial charge in [-0.25, -0.2) is 0 Å². The molecule has 4 heteroatoms. The summed E-state index contributed by atoms with van der Waals surface area (Å²) in [4.78, 5) is 11.6. The van der Waals surface area contributed by atoms with Gasteiger partial charge in [0, 0.05) is 6.61 Å². The molecule has 0 spiro atoms. The van der Waals surface area contributed by atoms with Gasteiger partial charge in [-0.15, -0.1) is 0 Å². The highest BCUT2D eigenvalue weighted by molar-refractivity contribution is 5.80. The molecule has 1 saturated carbocycles. The average molecular weight is 229 g/mol. The summed E-state index contributed by atoms with van der Waals surface area (Å²) in [7, 11) is 0. The molecule has 0 aromatic carbocycles. The molecule has 0 amide bonds. The molecule has 1 aliphatic rings. The Morgan fingerprint density at radius 3 is 2.56 bits per heavy atom. The first-order chi connectivity index (χ1) is 7.44. The Labute approximate surface area is 97.5 Å². The molecule has 1 fully saturated rings. The monoisotopic (exact) mass is 229 g/mol. The second-order valence-corrected chi connectivity index (χ2v) is 5.16. The molecule has 0 aromatic heterocycles. The molecular formula is C12H23NO3. The largest absolute Gasteiger partial charge is 0.462 e. The van der Waals surface area contributed by atoms with E-state index in [1.807, 2.05) is 0 Å². The first-order valence-electron chi connectivity index (χ1n) is 5.98. The lowest BCUT2D eigenvalue weighted by molar-refractivity contribution is -0.152. The van der Waals surface area contributed by atoms with Gasteiger partial charge in [0.2, 0.25) is 0 Å². The first-order valence-corrected chi connectivity index (χ1v) is 5.98. The molecule has 0 heterocycles. The summed E-state index contributed by atoms with van der Waals surface area (Å²) in [6.45, 7) is 7.35. The molecule has 94 valence electrons. The van der Waals surface area contributed by atoms with Gasteiger partial charge in [0.05, 0.1) is 6.61 Å². The lowest BCUT2D eigenvalue weighted by atomic mass is 9.98. The van der Waals surface area contributed by atoms with Crippen molar-refractivity contribution in [2.24, 2.45) is 17.6 Å². The van der Waals surface area contributed by atoms with E-state index in [1.165, 1.54) is 0 Å². The Balaban J connectivity index is 2.10. The lowest BCUT2D eigenvalue weighted by Gasteiger charge is -2.21. The van der Waals surface area contributed by atoms with Gasteiger partial charge >= 0.3 is 5.97 Å². The normalized spacial score (nSPS) is 19.6. The van der Waals surface area contributed by atoms with E-state index in [1.54, 1.807) is 6.92 Å². The zero-order chi connectivity index (χ0) is 12.2. The van der Waals surface area contributed by atoms with Gasteiger partial charge in [-0.05, 0) is 31.6 Å². The topological polar surface area (TPSA) is 61.5 Å². The van der Waals surface area contributed by atoms with Gasteiger partial charge in [-0.1, -0.05) is 13.8 Å². The quantitative estimate of drug-likeness (QED) is 0.528. The number of hydrogen-bond donors (Lipinski definition) is 1. The number of ether oxygens (including phenoxy) is 2. The molecule has 1 atom stereocenters. The van der Waals surface area contributed by atoms with Crippen molar-refractivity contribution >= 4 is 5.97 Å². The summed E-state index contributed by atoms with van der Waals surface area (Å²) in [6, 6.07) is 0. The maximum atomic E-state index is 11.6. The highest BCUT2D eigenvalue weighted by Gasteiger charge is 2.45. The summed E-state index contributed by atoms with van der Waals surface area (Å²) < 4.78 is 10.4. The Morgan fingerprint density at radius 1 is 1.44 bits per heavy atom. The van der Waals surface area contributed by atoms with E-state index < -0.39 is 5.54 Å². The zero-order valence-corrected chi connectivity index (χ0v) is 10.5. The SMILES string of the molecule is CC(C)COCCOC(=O)C(C)(N)C1CC1. The van der Waals surface area contributed by atoms with Crippen LogP contribution in [0, 0.1) is 11.8 Å². The highest BCUT2D eigenvalue weighted by Crippen LogP contribution is 2.38. The Bertz CT molecular complexity index is 234. The van der Waals surface area contributed by atoms with Gasteiger partial charge in [0.15, 0.2) is 0 Å². The van der Waals surface area contributed by atoms with Crippen molar-refractivity contribution in [3.05, 3.63) is 0 Å². The average Bonchev–Trinajstić information content (AvgIpc) is 2.99. The fourth-order valence-corrected chi connectivity index (χ4v) is 1.52. The van der Waals surface area contributed by atoms with Crippen molar-refractivity contribution in [1.82, 2.24) is 0 Å². The van der Waals surface area contributed by atoms with Crippen LogP contribution in [-0.4, -0.2) is 31.3 Å². The predicted molar refractivity (Wildman–Crippen MR) is 61.9 cm³/mol. The lowest BCUT2D eigenvalue weighted by Crippen LogP contribution is -2.48. The number of hydrogen-bond acceptors (Lipinski definition) is 4. The second kappa shape index (κ2) is 5.64. The van der Waals surface area contributed by atoms with Crippen LogP contribution in [0.4, 0.5) is 0 Å². The molecule has 1 aliphatic carbocycles. The van der Waals surface area contributed by atoms with Crippen LogP contribution in [0.25, 0.3) is 0 Å². The van der Waals surface area contributed by atoms with Crippen molar-refractivity contribution in [1.29, 1.82) is 0 Å². The van der Waals surface area contributed by atoms with Crippen molar-refractivity contribution in [3.63, 3.8) is 0 Å². The number of carbonyl (C=O) groups is 1. The minimum absolute atomic E-state index is 0.297. The van der Waals surface area contributed by atoms with Gasteiger partial charge in [0.25, 0.3) is 0 Å². The van der Waals surface area contributed by atoms with E-state index in [2.05, 4.69) is 13.8 Å². The van der Waals surface area contributed by atoms with Crippen LogP contribution in [0.15, 0.2) is 0 Å². The molecule has 0 aliphatic heterocycles. The Hall–Kier alpha value is -0.610. The molecule has 0 saturated heterocycles. The third-order valence-electron chi connectivity index (χ3n) is 2.78. The fraction of sp³-hybridized carbons (Fsp3) is 0.917. The number of carbonyl (C=O) groups excluding carboxylic acids is 1. The van der Waals surface area contributed by atoms with Gasteiger partial charge < -0.3 is 15.2 Å². The molecule has 4 nitrogen and oxygen atoms in total. The predicted octanol–water partition coefficient (Wildman–Crippen LogP) is 1.33. The second-order valence-electron chi connectivity index (χ2n) is 5.16. The minimum atomic E-state index is -0.807. The van der Waals surface area contributed by atoms with E-state index in [-0.39, 0.29) is 5.97 Å². The van der Waals surface area contributed by atoms with Gasteiger partial charge in [-0.3, -0.25) is 4.79 Å². The molecule has 2 N–H and O–H groups in total. The molecule has 0 radical (unpaired) electrons. The maximum absolute atomic E-state index is 11.6.